The summed E-state index contributed by atoms with van der Waals surface area (Å²) in [7, 11) is 7.54. The molecule has 0 saturated heterocycles. The molecule has 0 aliphatic rings. The predicted octanol–water partition coefficient (Wildman–Crippen LogP) is 2.75. The third kappa shape index (κ3) is 4.66. The van der Waals surface area contributed by atoms with E-state index in [0.717, 1.165) is 0 Å². The van der Waals surface area contributed by atoms with Crippen molar-refractivity contribution in [3.8, 4) is 34.5 Å². The van der Waals surface area contributed by atoms with Crippen LogP contribution in [0.2, 0.25) is 0 Å². The molecular formula is C19H23NO7. The SMILES string of the molecule is COc1cc(NC(=O)COc2cccc(OC)c2OC)cc(OC)c1OC. The van der Waals surface area contributed by atoms with E-state index in [1.807, 2.05) is 0 Å². The molecule has 2 rings (SSSR count). The number of ether oxygens (including phenoxy) is 6. The molecule has 1 N–H and O–H groups in total. The Kier molecular flexibility index (Phi) is 6.99. The number of nitrogens with one attached hydrogen (secondary N) is 1. The van der Waals surface area contributed by atoms with Gasteiger partial charge in [-0.1, -0.05) is 6.07 Å². The smallest absolute Gasteiger partial charge is 0.262 e. The Morgan fingerprint density at radius 3 is 1.81 bits per heavy atom. The van der Waals surface area contributed by atoms with E-state index in [0.29, 0.717) is 40.2 Å². The van der Waals surface area contributed by atoms with Crippen molar-refractivity contribution in [1.82, 2.24) is 0 Å². The van der Waals surface area contributed by atoms with Crippen LogP contribution >= 0.6 is 0 Å². The Balaban J connectivity index is 2.11. The zero-order valence-corrected chi connectivity index (χ0v) is 16.0. The quantitative estimate of drug-likeness (QED) is 0.719. The summed E-state index contributed by atoms with van der Waals surface area (Å²) in [6.07, 6.45) is 0. The molecule has 2 aromatic rings. The number of hydrogen-bond donors (Lipinski definition) is 1. The highest BCUT2D eigenvalue weighted by atomic mass is 16.5. The highest BCUT2D eigenvalue weighted by molar-refractivity contribution is 5.92. The van der Waals surface area contributed by atoms with Crippen LogP contribution in [-0.2, 0) is 4.79 Å². The number of para-hydroxylation sites is 1. The van der Waals surface area contributed by atoms with Gasteiger partial charge >= 0.3 is 0 Å². The average Bonchev–Trinajstić information content (AvgIpc) is 2.70. The molecule has 1 amide bonds. The minimum atomic E-state index is -0.367. The van der Waals surface area contributed by atoms with E-state index < -0.39 is 0 Å². The summed E-state index contributed by atoms with van der Waals surface area (Å²) in [5, 5.41) is 2.73. The first-order chi connectivity index (χ1) is 13.1. The fourth-order valence-electron chi connectivity index (χ4n) is 2.46. The number of hydrogen-bond acceptors (Lipinski definition) is 7. The summed E-state index contributed by atoms with van der Waals surface area (Å²) >= 11 is 0. The van der Waals surface area contributed by atoms with Crippen molar-refractivity contribution in [3.05, 3.63) is 30.3 Å². The summed E-state index contributed by atoms with van der Waals surface area (Å²) in [6, 6.07) is 8.43. The van der Waals surface area contributed by atoms with Gasteiger partial charge in [0.05, 0.1) is 35.5 Å². The summed E-state index contributed by atoms with van der Waals surface area (Å²) < 4.78 is 31.8. The van der Waals surface area contributed by atoms with Crippen molar-refractivity contribution in [2.75, 3.05) is 47.5 Å². The first-order valence-corrected chi connectivity index (χ1v) is 8.01. The summed E-state index contributed by atoms with van der Waals surface area (Å²) in [4.78, 5) is 12.3. The van der Waals surface area contributed by atoms with Crippen LogP contribution in [0.1, 0.15) is 0 Å². The fraction of sp³-hybridized carbons (Fsp3) is 0.316. The van der Waals surface area contributed by atoms with Crippen molar-refractivity contribution in [3.63, 3.8) is 0 Å². The summed E-state index contributed by atoms with van der Waals surface area (Å²) in [5.74, 6) is 2.27. The zero-order chi connectivity index (χ0) is 19.8. The molecule has 0 radical (unpaired) electrons. The van der Waals surface area contributed by atoms with Gasteiger partial charge in [0.15, 0.2) is 29.6 Å². The monoisotopic (exact) mass is 377 g/mol. The molecule has 8 heteroatoms. The van der Waals surface area contributed by atoms with Crippen LogP contribution in [0.5, 0.6) is 34.5 Å². The molecule has 0 aromatic heterocycles. The number of amides is 1. The van der Waals surface area contributed by atoms with Crippen molar-refractivity contribution in [1.29, 1.82) is 0 Å². The summed E-state index contributed by atoms with van der Waals surface area (Å²) in [5.41, 5.74) is 0.482. The Morgan fingerprint density at radius 2 is 1.30 bits per heavy atom. The molecule has 0 unspecified atom stereocenters. The fourth-order valence-corrected chi connectivity index (χ4v) is 2.46. The van der Waals surface area contributed by atoms with Gasteiger partial charge in [-0.15, -0.1) is 0 Å². The van der Waals surface area contributed by atoms with Gasteiger partial charge in [-0.3, -0.25) is 4.79 Å². The van der Waals surface area contributed by atoms with Crippen molar-refractivity contribution in [2.24, 2.45) is 0 Å². The predicted molar refractivity (Wildman–Crippen MR) is 99.8 cm³/mol. The lowest BCUT2D eigenvalue weighted by atomic mass is 10.2. The minimum absolute atomic E-state index is 0.222. The Morgan fingerprint density at radius 1 is 0.778 bits per heavy atom. The van der Waals surface area contributed by atoms with E-state index in [9.17, 15) is 4.79 Å². The van der Waals surface area contributed by atoms with Gasteiger partial charge in [-0.25, -0.2) is 0 Å². The van der Waals surface area contributed by atoms with Crippen LogP contribution in [0.15, 0.2) is 30.3 Å². The molecule has 0 fully saturated rings. The lowest BCUT2D eigenvalue weighted by Crippen LogP contribution is -2.20. The van der Waals surface area contributed by atoms with Crippen LogP contribution in [-0.4, -0.2) is 48.1 Å². The lowest BCUT2D eigenvalue weighted by Gasteiger charge is -2.15. The largest absolute Gasteiger partial charge is 0.493 e. The van der Waals surface area contributed by atoms with Crippen molar-refractivity contribution in [2.45, 2.75) is 0 Å². The van der Waals surface area contributed by atoms with Crippen LogP contribution in [0, 0.1) is 0 Å². The van der Waals surface area contributed by atoms with Crippen LogP contribution in [0.3, 0.4) is 0 Å². The molecule has 0 bridgehead atoms. The van der Waals surface area contributed by atoms with E-state index >= 15 is 0 Å². The van der Waals surface area contributed by atoms with Gasteiger partial charge in [-0.2, -0.15) is 0 Å². The number of benzene rings is 2. The molecule has 0 spiro atoms. The molecular weight excluding hydrogens is 354 g/mol. The molecule has 0 saturated carbocycles. The standard InChI is InChI=1S/C19H23NO7/c1-22-13-7-6-8-14(18(13)25-4)27-11-17(21)20-12-9-15(23-2)19(26-5)16(10-12)24-3/h6-10H,11H2,1-5H3,(H,20,21). The number of rotatable bonds is 9. The van der Waals surface area contributed by atoms with Gasteiger partial charge in [0.25, 0.3) is 5.91 Å². The molecule has 0 atom stereocenters. The molecule has 0 heterocycles. The normalized spacial score (nSPS) is 9.96. The average molecular weight is 377 g/mol. The maximum absolute atomic E-state index is 12.3. The highest BCUT2D eigenvalue weighted by Gasteiger charge is 2.16. The second-order valence-electron chi connectivity index (χ2n) is 5.24. The minimum Gasteiger partial charge on any atom is -0.493 e. The van der Waals surface area contributed by atoms with Gasteiger partial charge in [0.1, 0.15) is 0 Å². The molecule has 146 valence electrons. The van der Waals surface area contributed by atoms with Gasteiger partial charge in [-0.05, 0) is 12.1 Å². The maximum atomic E-state index is 12.3. The molecule has 8 nitrogen and oxygen atoms in total. The molecule has 0 aliphatic heterocycles. The van der Waals surface area contributed by atoms with E-state index in [1.54, 1.807) is 30.3 Å². The first-order valence-electron chi connectivity index (χ1n) is 8.01. The van der Waals surface area contributed by atoms with E-state index in [1.165, 1.54) is 35.5 Å². The maximum Gasteiger partial charge on any atom is 0.262 e. The number of carbonyl (C=O) groups is 1. The topological polar surface area (TPSA) is 84.5 Å². The van der Waals surface area contributed by atoms with Gasteiger partial charge in [0, 0.05) is 17.8 Å². The van der Waals surface area contributed by atoms with E-state index in [4.69, 9.17) is 28.4 Å². The highest BCUT2D eigenvalue weighted by Crippen LogP contribution is 2.40. The van der Waals surface area contributed by atoms with Gasteiger partial charge in [0.2, 0.25) is 11.5 Å². The number of carbonyl (C=O) groups excluding carboxylic acids is 1. The second kappa shape index (κ2) is 9.42. The molecule has 2 aromatic carbocycles. The van der Waals surface area contributed by atoms with Gasteiger partial charge < -0.3 is 33.7 Å². The Labute approximate surface area is 157 Å². The third-order valence-corrected chi connectivity index (χ3v) is 3.67. The Bertz CT molecular complexity index is 767. The number of methoxy groups -OCH3 is 5. The first kappa shape index (κ1) is 20.0. The Hall–Kier alpha value is -3.29. The second-order valence-corrected chi connectivity index (χ2v) is 5.24. The third-order valence-electron chi connectivity index (χ3n) is 3.67. The lowest BCUT2D eigenvalue weighted by molar-refractivity contribution is -0.118. The van der Waals surface area contributed by atoms with Crippen LogP contribution in [0.4, 0.5) is 5.69 Å². The summed E-state index contributed by atoms with van der Waals surface area (Å²) in [6.45, 7) is -0.222. The van der Waals surface area contributed by atoms with E-state index in [-0.39, 0.29) is 12.5 Å². The van der Waals surface area contributed by atoms with Crippen LogP contribution in [0.25, 0.3) is 0 Å². The molecule has 0 aliphatic carbocycles. The van der Waals surface area contributed by atoms with Crippen molar-refractivity contribution < 1.29 is 33.2 Å². The molecule has 27 heavy (non-hydrogen) atoms. The van der Waals surface area contributed by atoms with Crippen LogP contribution < -0.4 is 33.7 Å². The zero-order valence-electron chi connectivity index (χ0n) is 16.0. The number of anilines is 1. The van der Waals surface area contributed by atoms with E-state index in [2.05, 4.69) is 5.32 Å². The van der Waals surface area contributed by atoms with Crippen molar-refractivity contribution >= 4 is 11.6 Å².